The van der Waals surface area contributed by atoms with Crippen LogP contribution in [0.5, 0.6) is 0 Å². The first-order chi connectivity index (χ1) is 7.98. The molecule has 1 saturated heterocycles. The van der Waals surface area contributed by atoms with Gasteiger partial charge in [-0.15, -0.1) is 0 Å². The Morgan fingerprint density at radius 2 is 2.00 bits per heavy atom. The van der Waals surface area contributed by atoms with Crippen molar-refractivity contribution >= 4 is 27.6 Å². The Balaban J connectivity index is 2.43. The van der Waals surface area contributed by atoms with Gasteiger partial charge in [0.2, 0.25) is 0 Å². The summed E-state index contributed by atoms with van der Waals surface area (Å²) in [6.45, 7) is 2.65. The Hall–Kier alpha value is -0.430. The van der Waals surface area contributed by atoms with Crippen LogP contribution in [-0.4, -0.2) is 62.0 Å². The van der Waals surface area contributed by atoms with Crippen molar-refractivity contribution < 1.29 is 13.2 Å². The largest absolute Gasteiger partial charge is 0.334 e. The molecule has 0 aromatic heterocycles. The van der Waals surface area contributed by atoms with Crippen LogP contribution in [0.3, 0.4) is 0 Å². The van der Waals surface area contributed by atoms with E-state index in [4.69, 9.17) is 0 Å². The molecule has 1 fully saturated rings. The van der Waals surface area contributed by atoms with Crippen molar-refractivity contribution in [2.75, 3.05) is 36.6 Å². The van der Waals surface area contributed by atoms with Crippen LogP contribution in [0.25, 0.3) is 0 Å². The molecule has 1 rings (SSSR count). The summed E-state index contributed by atoms with van der Waals surface area (Å²) >= 11 is 1.69. The van der Waals surface area contributed by atoms with Gasteiger partial charge in [0.15, 0.2) is 9.84 Å². The van der Waals surface area contributed by atoms with Crippen molar-refractivity contribution in [1.82, 2.24) is 10.2 Å². The molecular weight excluding hydrogens is 260 g/mol. The molecule has 0 aromatic carbocycles. The lowest BCUT2D eigenvalue weighted by Gasteiger charge is -2.28. The van der Waals surface area contributed by atoms with E-state index >= 15 is 0 Å². The third kappa shape index (κ3) is 4.75. The standard InChI is InChI=1S/C10H20N2O3S2/c1-3-9(8-16-2)11-10(13)12-4-6-17(14,15)7-5-12/h9H,3-8H2,1-2H3,(H,11,13). The fourth-order valence-electron chi connectivity index (χ4n) is 1.64. The van der Waals surface area contributed by atoms with E-state index in [2.05, 4.69) is 5.32 Å². The van der Waals surface area contributed by atoms with Gasteiger partial charge in [-0.25, -0.2) is 13.2 Å². The zero-order chi connectivity index (χ0) is 12.9. The Morgan fingerprint density at radius 3 is 2.47 bits per heavy atom. The molecule has 0 spiro atoms. The monoisotopic (exact) mass is 280 g/mol. The summed E-state index contributed by atoms with van der Waals surface area (Å²) in [4.78, 5) is 13.5. The van der Waals surface area contributed by atoms with Gasteiger partial charge >= 0.3 is 6.03 Å². The Morgan fingerprint density at radius 1 is 1.41 bits per heavy atom. The third-order valence-electron chi connectivity index (χ3n) is 2.82. The fourth-order valence-corrected chi connectivity index (χ4v) is 3.57. The Labute approximate surface area is 107 Å². The zero-order valence-corrected chi connectivity index (χ0v) is 11.9. The van der Waals surface area contributed by atoms with E-state index in [9.17, 15) is 13.2 Å². The second-order valence-electron chi connectivity index (χ2n) is 4.15. The minimum Gasteiger partial charge on any atom is -0.334 e. The number of nitrogens with zero attached hydrogens (tertiary/aromatic N) is 1. The molecule has 1 unspecified atom stereocenters. The average molecular weight is 280 g/mol. The maximum atomic E-state index is 11.9. The minimum atomic E-state index is -2.92. The summed E-state index contributed by atoms with van der Waals surface area (Å²) in [5, 5.41) is 2.94. The molecule has 100 valence electrons. The van der Waals surface area contributed by atoms with Gasteiger partial charge in [-0.2, -0.15) is 11.8 Å². The molecule has 5 nitrogen and oxygen atoms in total. The molecule has 0 saturated carbocycles. The first-order valence-corrected chi connectivity index (χ1v) is 8.95. The number of hydrogen-bond donors (Lipinski definition) is 1. The summed E-state index contributed by atoms with van der Waals surface area (Å²) < 4.78 is 22.5. The zero-order valence-electron chi connectivity index (χ0n) is 10.3. The minimum absolute atomic E-state index is 0.0831. The summed E-state index contributed by atoms with van der Waals surface area (Å²) in [5.74, 6) is 1.05. The fraction of sp³-hybridized carbons (Fsp3) is 0.900. The predicted octanol–water partition coefficient (Wildman–Crippen LogP) is 0.568. The molecule has 1 aliphatic rings. The van der Waals surface area contributed by atoms with E-state index in [0.29, 0.717) is 13.1 Å². The number of amides is 2. The predicted molar refractivity (Wildman–Crippen MR) is 71.2 cm³/mol. The Kier molecular flexibility index (Phi) is 5.58. The van der Waals surface area contributed by atoms with E-state index in [0.717, 1.165) is 12.2 Å². The second kappa shape index (κ2) is 6.49. The van der Waals surface area contributed by atoms with Crippen molar-refractivity contribution in [1.29, 1.82) is 0 Å². The molecular formula is C10H20N2O3S2. The van der Waals surface area contributed by atoms with Crippen LogP contribution in [0.1, 0.15) is 13.3 Å². The van der Waals surface area contributed by atoms with Crippen LogP contribution in [-0.2, 0) is 9.84 Å². The van der Waals surface area contributed by atoms with Crippen LogP contribution >= 0.6 is 11.8 Å². The van der Waals surface area contributed by atoms with Gasteiger partial charge in [0.05, 0.1) is 11.5 Å². The first-order valence-electron chi connectivity index (χ1n) is 5.73. The van der Waals surface area contributed by atoms with E-state index in [-0.39, 0.29) is 23.6 Å². The van der Waals surface area contributed by atoms with Crippen LogP contribution in [0.4, 0.5) is 4.79 Å². The lowest BCUT2D eigenvalue weighted by Crippen LogP contribution is -2.51. The van der Waals surface area contributed by atoms with Crippen LogP contribution in [0, 0.1) is 0 Å². The van der Waals surface area contributed by atoms with E-state index in [1.807, 2.05) is 13.2 Å². The molecule has 0 radical (unpaired) electrons. The normalized spacial score (nSPS) is 20.9. The second-order valence-corrected chi connectivity index (χ2v) is 7.36. The van der Waals surface area contributed by atoms with Crippen molar-refractivity contribution in [2.24, 2.45) is 0 Å². The van der Waals surface area contributed by atoms with Gasteiger partial charge < -0.3 is 10.2 Å². The number of thioether (sulfide) groups is 1. The van der Waals surface area contributed by atoms with E-state index < -0.39 is 9.84 Å². The van der Waals surface area contributed by atoms with Crippen LogP contribution in [0.2, 0.25) is 0 Å². The molecule has 1 atom stereocenters. The number of hydrogen-bond acceptors (Lipinski definition) is 4. The summed E-state index contributed by atoms with van der Waals surface area (Å²) in [6.07, 6.45) is 2.89. The maximum absolute atomic E-state index is 11.9. The van der Waals surface area contributed by atoms with Gasteiger partial charge in [-0.05, 0) is 12.7 Å². The maximum Gasteiger partial charge on any atom is 0.317 e. The molecule has 1 heterocycles. The first kappa shape index (κ1) is 14.6. The van der Waals surface area contributed by atoms with Crippen LogP contribution in [0.15, 0.2) is 0 Å². The molecule has 0 aliphatic carbocycles. The van der Waals surface area contributed by atoms with Crippen molar-refractivity contribution in [3.8, 4) is 0 Å². The van der Waals surface area contributed by atoms with Gasteiger partial charge in [-0.1, -0.05) is 6.92 Å². The highest BCUT2D eigenvalue weighted by Gasteiger charge is 2.25. The van der Waals surface area contributed by atoms with Crippen molar-refractivity contribution in [2.45, 2.75) is 19.4 Å². The van der Waals surface area contributed by atoms with Gasteiger partial charge in [-0.3, -0.25) is 0 Å². The summed E-state index contributed by atoms with van der Waals surface area (Å²) in [7, 11) is -2.92. The van der Waals surface area contributed by atoms with Gasteiger partial charge in [0.1, 0.15) is 0 Å². The van der Waals surface area contributed by atoms with E-state index in [1.54, 1.807) is 16.7 Å². The summed E-state index contributed by atoms with van der Waals surface area (Å²) in [5.41, 5.74) is 0. The highest BCUT2D eigenvalue weighted by Crippen LogP contribution is 2.06. The number of urea groups is 1. The lowest BCUT2D eigenvalue weighted by molar-refractivity contribution is 0.198. The number of nitrogens with one attached hydrogen (secondary N) is 1. The molecule has 0 aromatic rings. The lowest BCUT2D eigenvalue weighted by atomic mass is 10.2. The van der Waals surface area contributed by atoms with Crippen molar-refractivity contribution in [3.05, 3.63) is 0 Å². The molecule has 1 N–H and O–H groups in total. The van der Waals surface area contributed by atoms with Crippen molar-refractivity contribution in [3.63, 3.8) is 0 Å². The van der Waals surface area contributed by atoms with Crippen LogP contribution < -0.4 is 5.32 Å². The smallest absolute Gasteiger partial charge is 0.317 e. The quantitative estimate of drug-likeness (QED) is 0.817. The van der Waals surface area contributed by atoms with Gasteiger partial charge in [0, 0.05) is 24.9 Å². The average Bonchev–Trinajstić information content (AvgIpc) is 2.28. The topological polar surface area (TPSA) is 66.5 Å². The number of carbonyl (C=O) groups excluding carboxylic acids is 1. The molecule has 1 aliphatic heterocycles. The molecule has 7 heteroatoms. The third-order valence-corrected chi connectivity index (χ3v) is 5.16. The highest BCUT2D eigenvalue weighted by molar-refractivity contribution is 7.98. The number of sulfone groups is 1. The molecule has 17 heavy (non-hydrogen) atoms. The number of rotatable bonds is 4. The molecule has 2 amide bonds. The highest BCUT2D eigenvalue weighted by atomic mass is 32.2. The number of carbonyl (C=O) groups is 1. The Bertz CT molecular complexity index is 343. The summed E-state index contributed by atoms with van der Waals surface area (Å²) in [6, 6.07) is 0.0248. The van der Waals surface area contributed by atoms with E-state index in [1.165, 1.54) is 0 Å². The SMILES string of the molecule is CCC(CSC)NC(=O)N1CCS(=O)(=O)CC1. The van der Waals surface area contributed by atoms with Gasteiger partial charge in [0.25, 0.3) is 0 Å². The molecule has 0 bridgehead atoms.